The van der Waals surface area contributed by atoms with E-state index < -0.39 is 0 Å². The molecule has 1 aromatic rings. The molecule has 0 amide bonds. The molecule has 0 spiro atoms. The molecule has 1 aliphatic heterocycles. The van der Waals surface area contributed by atoms with Gasteiger partial charge in [0.2, 0.25) is 0 Å². The first-order valence-corrected chi connectivity index (χ1v) is 6.07. The van der Waals surface area contributed by atoms with Crippen molar-refractivity contribution in [2.75, 3.05) is 33.2 Å². The van der Waals surface area contributed by atoms with Crippen molar-refractivity contribution in [2.24, 2.45) is 7.05 Å². The van der Waals surface area contributed by atoms with E-state index in [1.54, 1.807) is 6.33 Å². The summed E-state index contributed by atoms with van der Waals surface area (Å²) in [7, 11) is 4.11. The van der Waals surface area contributed by atoms with Crippen LogP contribution in [0.1, 0.15) is 6.42 Å². The number of aryl methyl sites for hydroxylation is 1. The number of likely N-dealkylation sites (N-methyl/N-ethyl adjacent to an activating group) is 1. The van der Waals surface area contributed by atoms with Gasteiger partial charge in [-0.3, -0.25) is 4.90 Å². The lowest BCUT2D eigenvalue weighted by Gasteiger charge is -2.19. The predicted octanol–water partition coefficient (Wildman–Crippen LogP) is 0.546. The molecule has 0 N–H and O–H groups in total. The van der Waals surface area contributed by atoms with Gasteiger partial charge >= 0.3 is 0 Å². The number of hydrogen-bond donors (Lipinski definition) is 0. The summed E-state index contributed by atoms with van der Waals surface area (Å²) in [5.74, 6) is 0. The fourth-order valence-corrected chi connectivity index (χ4v) is 2.10. The van der Waals surface area contributed by atoms with Crippen LogP contribution in [0, 0.1) is 4.77 Å². The SMILES string of the molecule is CN1CCCN(Cn2ncn(C)c2=S)CC1. The molecular weight excluding hydrogens is 222 g/mol. The minimum atomic E-state index is 0.789. The summed E-state index contributed by atoms with van der Waals surface area (Å²) in [5, 5.41) is 4.28. The Morgan fingerprint density at radius 2 is 2.06 bits per heavy atom. The van der Waals surface area contributed by atoms with Gasteiger partial charge in [-0.15, -0.1) is 0 Å². The fourth-order valence-electron chi connectivity index (χ4n) is 1.95. The molecule has 16 heavy (non-hydrogen) atoms. The minimum absolute atomic E-state index is 0.789. The van der Waals surface area contributed by atoms with E-state index in [1.807, 2.05) is 16.3 Å². The monoisotopic (exact) mass is 241 g/mol. The summed E-state index contributed by atoms with van der Waals surface area (Å²) in [5.41, 5.74) is 0. The van der Waals surface area contributed by atoms with Crippen LogP contribution in [0.3, 0.4) is 0 Å². The van der Waals surface area contributed by atoms with E-state index in [0.29, 0.717) is 0 Å². The summed E-state index contributed by atoms with van der Waals surface area (Å²) < 4.78 is 4.55. The molecule has 0 unspecified atom stereocenters. The van der Waals surface area contributed by atoms with E-state index in [2.05, 4.69) is 21.9 Å². The first-order chi connectivity index (χ1) is 7.66. The van der Waals surface area contributed by atoms with E-state index in [0.717, 1.165) is 31.1 Å². The van der Waals surface area contributed by atoms with Crippen LogP contribution in [-0.4, -0.2) is 57.4 Å². The molecule has 0 saturated carbocycles. The van der Waals surface area contributed by atoms with Crippen molar-refractivity contribution in [2.45, 2.75) is 13.1 Å². The lowest BCUT2D eigenvalue weighted by atomic mass is 10.4. The largest absolute Gasteiger partial charge is 0.310 e. The number of rotatable bonds is 2. The normalized spacial score (nSPS) is 19.9. The van der Waals surface area contributed by atoms with Crippen LogP contribution < -0.4 is 0 Å². The maximum absolute atomic E-state index is 5.28. The van der Waals surface area contributed by atoms with Gasteiger partial charge in [-0.2, -0.15) is 5.10 Å². The Morgan fingerprint density at radius 3 is 2.75 bits per heavy atom. The van der Waals surface area contributed by atoms with Crippen molar-refractivity contribution < 1.29 is 0 Å². The van der Waals surface area contributed by atoms with Gasteiger partial charge in [0.1, 0.15) is 6.33 Å². The Kier molecular flexibility index (Phi) is 3.73. The molecule has 0 atom stereocenters. The maximum atomic E-state index is 5.28. The standard InChI is InChI=1S/C10H19N5S/c1-12-4-3-5-14(7-6-12)9-15-10(16)13(2)8-11-15/h8H,3-7,9H2,1-2H3. The Labute approximate surface area is 101 Å². The zero-order valence-corrected chi connectivity index (χ0v) is 10.8. The molecule has 90 valence electrons. The Morgan fingerprint density at radius 1 is 1.25 bits per heavy atom. The zero-order valence-electron chi connectivity index (χ0n) is 9.96. The summed E-state index contributed by atoms with van der Waals surface area (Å²) in [6.07, 6.45) is 2.99. The highest BCUT2D eigenvalue weighted by Gasteiger charge is 2.12. The van der Waals surface area contributed by atoms with E-state index in [-0.39, 0.29) is 0 Å². The first kappa shape index (κ1) is 11.8. The lowest BCUT2D eigenvalue weighted by Crippen LogP contribution is -2.31. The van der Waals surface area contributed by atoms with E-state index in [1.165, 1.54) is 13.0 Å². The Hall–Kier alpha value is -0.720. The van der Waals surface area contributed by atoms with Crippen LogP contribution in [0.15, 0.2) is 6.33 Å². The third-order valence-electron chi connectivity index (χ3n) is 3.03. The van der Waals surface area contributed by atoms with Crippen molar-refractivity contribution in [3.63, 3.8) is 0 Å². The van der Waals surface area contributed by atoms with Crippen molar-refractivity contribution >= 4 is 12.2 Å². The maximum Gasteiger partial charge on any atom is 0.198 e. The molecule has 0 aromatic carbocycles. The fraction of sp³-hybridized carbons (Fsp3) is 0.800. The van der Waals surface area contributed by atoms with Gasteiger partial charge < -0.3 is 9.47 Å². The van der Waals surface area contributed by atoms with E-state index in [9.17, 15) is 0 Å². The summed E-state index contributed by atoms with van der Waals surface area (Å²) in [6, 6.07) is 0. The molecule has 1 fully saturated rings. The third-order valence-corrected chi connectivity index (χ3v) is 3.53. The summed E-state index contributed by atoms with van der Waals surface area (Å²) in [6.45, 7) is 5.34. The second-order valence-corrected chi connectivity index (χ2v) is 4.81. The average molecular weight is 241 g/mol. The molecule has 0 radical (unpaired) electrons. The lowest BCUT2D eigenvalue weighted by molar-refractivity contribution is 0.211. The van der Waals surface area contributed by atoms with Crippen molar-refractivity contribution in [1.82, 2.24) is 24.1 Å². The van der Waals surface area contributed by atoms with E-state index >= 15 is 0 Å². The molecule has 6 heteroatoms. The van der Waals surface area contributed by atoms with Gasteiger partial charge in [0.25, 0.3) is 0 Å². The van der Waals surface area contributed by atoms with Crippen molar-refractivity contribution in [3.8, 4) is 0 Å². The van der Waals surface area contributed by atoms with Gasteiger partial charge in [0, 0.05) is 26.7 Å². The molecule has 0 bridgehead atoms. The van der Waals surface area contributed by atoms with Crippen LogP contribution >= 0.6 is 12.2 Å². The first-order valence-electron chi connectivity index (χ1n) is 5.66. The van der Waals surface area contributed by atoms with Gasteiger partial charge in [-0.1, -0.05) is 0 Å². The molecule has 2 heterocycles. The van der Waals surface area contributed by atoms with E-state index in [4.69, 9.17) is 12.2 Å². The Bertz CT molecular complexity index is 396. The molecule has 2 rings (SSSR count). The van der Waals surface area contributed by atoms with Gasteiger partial charge in [0.05, 0.1) is 6.67 Å². The van der Waals surface area contributed by atoms with Crippen LogP contribution in [0.25, 0.3) is 0 Å². The molecule has 5 nitrogen and oxygen atoms in total. The van der Waals surface area contributed by atoms with Crippen LogP contribution in [0.4, 0.5) is 0 Å². The van der Waals surface area contributed by atoms with Gasteiger partial charge in [-0.05, 0) is 32.2 Å². The molecule has 1 aliphatic rings. The summed E-state index contributed by atoms with van der Waals surface area (Å²) in [4.78, 5) is 4.78. The van der Waals surface area contributed by atoms with Gasteiger partial charge in [0.15, 0.2) is 4.77 Å². The smallest absolute Gasteiger partial charge is 0.198 e. The number of nitrogens with zero attached hydrogens (tertiary/aromatic N) is 5. The Balaban J connectivity index is 1.99. The summed E-state index contributed by atoms with van der Waals surface area (Å²) >= 11 is 5.28. The minimum Gasteiger partial charge on any atom is -0.310 e. The van der Waals surface area contributed by atoms with Crippen molar-refractivity contribution in [3.05, 3.63) is 11.1 Å². The highest BCUT2D eigenvalue weighted by atomic mass is 32.1. The molecule has 1 saturated heterocycles. The van der Waals surface area contributed by atoms with Gasteiger partial charge in [-0.25, -0.2) is 4.68 Å². The highest BCUT2D eigenvalue weighted by Crippen LogP contribution is 2.03. The second kappa shape index (κ2) is 5.07. The quantitative estimate of drug-likeness (QED) is 0.707. The number of hydrogen-bond acceptors (Lipinski definition) is 4. The van der Waals surface area contributed by atoms with Crippen LogP contribution in [0.5, 0.6) is 0 Å². The average Bonchev–Trinajstić information content (AvgIpc) is 2.48. The van der Waals surface area contributed by atoms with Crippen LogP contribution in [-0.2, 0) is 13.7 Å². The number of aromatic nitrogens is 3. The molecule has 1 aromatic heterocycles. The van der Waals surface area contributed by atoms with Crippen molar-refractivity contribution in [1.29, 1.82) is 0 Å². The van der Waals surface area contributed by atoms with Crippen LogP contribution in [0.2, 0.25) is 0 Å². The predicted molar refractivity (Wildman–Crippen MR) is 65.7 cm³/mol. The molecular formula is C10H19N5S. The second-order valence-electron chi connectivity index (χ2n) is 4.44. The zero-order chi connectivity index (χ0) is 11.5. The molecule has 0 aliphatic carbocycles. The topological polar surface area (TPSA) is 29.2 Å². The highest BCUT2D eigenvalue weighted by molar-refractivity contribution is 7.71. The third kappa shape index (κ3) is 2.69.